The Hall–Kier alpha value is -3.26. The van der Waals surface area contributed by atoms with Gasteiger partial charge in [-0.05, 0) is 56.0 Å². The van der Waals surface area contributed by atoms with Crippen molar-refractivity contribution in [3.8, 4) is 0 Å². The predicted octanol–water partition coefficient (Wildman–Crippen LogP) is 3.06. The van der Waals surface area contributed by atoms with Gasteiger partial charge in [0, 0.05) is 17.5 Å². The van der Waals surface area contributed by atoms with Crippen LogP contribution >= 0.6 is 0 Å². The van der Waals surface area contributed by atoms with Crippen LogP contribution in [0.15, 0.2) is 35.4 Å². The number of benzene rings is 1. The van der Waals surface area contributed by atoms with E-state index < -0.39 is 24.1 Å². The van der Waals surface area contributed by atoms with Crippen molar-refractivity contribution in [1.82, 2.24) is 15.5 Å². The molecule has 0 aromatic heterocycles. The van der Waals surface area contributed by atoms with Crippen molar-refractivity contribution in [3.63, 3.8) is 0 Å². The summed E-state index contributed by atoms with van der Waals surface area (Å²) in [5.74, 6) is -0.565. The van der Waals surface area contributed by atoms with E-state index in [9.17, 15) is 14.4 Å². The van der Waals surface area contributed by atoms with E-state index in [0.29, 0.717) is 32.2 Å². The molecule has 0 unspecified atom stereocenters. The molecule has 2 aliphatic rings. The Kier molecular flexibility index (Phi) is 7.94. The SMILES string of the molecule is COC(=O)[C@@H]1C[C@@H](CCCN=[N+]=[N-])[C@@H]2CC[C@H](NC(=O)N[C@@H](C)c3ccccc3)C(=O)N12. The number of amides is 3. The number of carbonyl (C=O) groups excluding carboxylic acids is 3. The first kappa shape index (κ1) is 23.4. The third-order valence-electron chi connectivity index (χ3n) is 6.39. The van der Waals surface area contributed by atoms with Crippen LogP contribution in [0.5, 0.6) is 0 Å². The number of azide groups is 1. The molecular weight excluding hydrogens is 412 g/mol. The maximum Gasteiger partial charge on any atom is 0.328 e. The van der Waals surface area contributed by atoms with Crippen LogP contribution in [0.1, 0.15) is 50.6 Å². The van der Waals surface area contributed by atoms with Crippen molar-refractivity contribution in [3.05, 3.63) is 46.3 Å². The molecule has 0 radical (unpaired) electrons. The van der Waals surface area contributed by atoms with Gasteiger partial charge in [0.2, 0.25) is 5.91 Å². The van der Waals surface area contributed by atoms with Gasteiger partial charge in [-0.1, -0.05) is 35.4 Å². The van der Waals surface area contributed by atoms with E-state index in [1.165, 1.54) is 7.11 Å². The molecule has 32 heavy (non-hydrogen) atoms. The van der Waals surface area contributed by atoms with Gasteiger partial charge in [0.15, 0.2) is 0 Å². The summed E-state index contributed by atoms with van der Waals surface area (Å²) in [6.07, 6.45) is 3.17. The van der Waals surface area contributed by atoms with E-state index in [-0.39, 0.29) is 23.9 Å². The largest absolute Gasteiger partial charge is 0.467 e. The summed E-state index contributed by atoms with van der Waals surface area (Å²) in [6.45, 7) is 2.27. The van der Waals surface area contributed by atoms with Gasteiger partial charge in [0.05, 0.1) is 13.2 Å². The maximum atomic E-state index is 13.3. The first-order valence-electron chi connectivity index (χ1n) is 11.0. The van der Waals surface area contributed by atoms with Crippen LogP contribution in [0, 0.1) is 5.92 Å². The van der Waals surface area contributed by atoms with E-state index in [0.717, 1.165) is 12.0 Å². The molecule has 172 valence electrons. The van der Waals surface area contributed by atoms with Gasteiger partial charge in [-0.2, -0.15) is 0 Å². The minimum absolute atomic E-state index is 0.0815. The minimum Gasteiger partial charge on any atom is -0.467 e. The van der Waals surface area contributed by atoms with Crippen molar-refractivity contribution in [1.29, 1.82) is 0 Å². The van der Waals surface area contributed by atoms with Gasteiger partial charge >= 0.3 is 12.0 Å². The molecule has 3 rings (SSSR count). The predicted molar refractivity (Wildman–Crippen MR) is 117 cm³/mol. The number of fused-ring (bicyclic) bond motifs is 1. The van der Waals surface area contributed by atoms with Gasteiger partial charge in [0.25, 0.3) is 0 Å². The summed E-state index contributed by atoms with van der Waals surface area (Å²) in [5.41, 5.74) is 9.42. The highest BCUT2D eigenvalue weighted by molar-refractivity contribution is 5.92. The Morgan fingerprint density at radius 3 is 2.75 bits per heavy atom. The number of hydrogen-bond donors (Lipinski definition) is 2. The monoisotopic (exact) mass is 442 g/mol. The Morgan fingerprint density at radius 2 is 2.06 bits per heavy atom. The normalized spacial score (nSPS) is 25.3. The van der Waals surface area contributed by atoms with Crippen LogP contribution in [0.3, 0.4) is 0 Å². The number of nitrogens with one attached hydrogen (secondary N) is 2. The highest BCUT2D eigenvalue weighted by Gasteiger charge is 2.51. The Morgan fingerprint density at radius 1 is 1.31 bits per heavy atom. The lowest BCUT2D eigenvalue weighted by Crippen LogP contribution is -2.59. The fourth-order valence-corrected chi connectivity index (χ4v) is 4.83. The average Bonchev–Trinajstić information content (AvgIpc) is 3.18. The lowest BCUT2D eigenvalue weighted by molar-refractivity contribution is -0.154. The van der Waals surface area contributed by atoms with Crippen molar-refractivity contribution in [2.24, 2.45) is 11.0 Å². The molecule has 3 amide bonds. The number of urea groups is 1. The zero-order chi connectivity index (χ0) is 23.1. The van der Waals surface area contributed by atoms with E-state index in [1.54, 1.807) is 4.90 Å². The minimum atomic E-state index is -0.691. The van der Waals surface area contributed by atoms with Crippen LogP contribution in [0.4, 0.5) is 4.79 Å². The van der Waals surface area contributed by atoms with Gasteiger partial charge in [-0.25, -0.2) is 9.59 Å². The third-order valence-corrected chi connectivity index (χ3v) is 6.39. The lowest BCUT2D eigenvalue weighted by Gasteiger charge is -2.38. The van der Waals surface area contributed by atoms with Crippen LogP contribution in [0.25, 0.3) is 10.4 Å². The van der Waals surface area contributed by atoms with Crippen LogP contribution < -0.4 is 10.6 Å². The smallest absolute Gasteiger partial charge is 0.328 e. The molecule has 2 aliphatic heterocycles. The van der Waals surface area contributed by atoms with Gasteiger partial charge < -0.3 is 20.3 Å². The van der Waals surface area contributed by atoms with Crippen LogP contribution in [-0.2, 0) is 14.3 Å². The number of esters is 1. The topological polar surface area (TPSA) is 136 Å². The number of methoxy groups -OCH3 is 1. The number of piperidine rings is 1. The molecule has 10 heteroatoms. The molecule has 1 aromatic rings. The van der Waals surface area contributed by atoms with Crippen LogP contribution in [-0.4, -0.2) is 54.6 Å². The molecule has 2 fully saturated rings. The fraction of sp³-hybridized carbons (Fsp3) is 0.591. The second-order valence-electron chi connectivity index (χ2n) is 8.32. The molecule has 0 spiro atoms. The second-order valence-corrected chi connectivity index (χ2v) is 8.32. The number of hydrogen-bond acceptors (Lipinski definition) is 5. The third kappa shape index (κ3) is 5.31. The molecule has 2 heterocycles. The van der Waals surface area contributed by atoms with Crippen molar-refractivity contribution >= 4 is 17.9 Å². The molecule has 2 N–H and O–H groups in total. The number of carbonyl (C=O) groups is 3. The van der Waals surface area contributed by atoms with E-state index in [2.05, 4.69) is 20.7 Å². The van der Waals surface area contributed by atoms with Crippen molar-refractivity contribution in [2.75, 3.05) is 13.7 Å². The Bertz CT molecular complexity index is 872. The second kappa shape index (κ2) is 10.9. The number of ether oxygens (including phenoxy) is 1. The molecule has 5 atom stereocenters. The molecule has 0 aliphatic carbocycles. The summed E-state index contributed by atoms with van der Waals surface area (Å²) < 4.78 is 4.94. The zero-order valence-corrected chi connectivity index (χ0v) is 18.4. The molecule has 0 bridgehead atoms. The molecular formula is C22H30N6O4. The Labute approximate surface area is 187 Å². The molecule has 10 nitrogen and oxygen atoms in total. The maximum absolute atomic E-state index is 13.3. The average molecular weight is 443 g/mol. The highest BCUT2D eigenvalue weighted by Crippen LogP contribution is 2.39. The van der Waals surface area contributed by atoms with Crippen molar-refractivity contribution < 1.29 is 19.1 Å². The lowest BCUT2D eigenvalue weighted by atomic mass is 9.88. The highest BCUT2D eigenvalue weighted by atomic mass is 16.5. The fourth-order valence-electron chi connectivity index (χ4n) is 4.83. The first-order valence-corrected chi connectivity index (χ1v) is 11.0. The summed E-state index contributed by atoms with van der Waals surface area (Å²) in [4.78, 5) is 42.6. The van der Waals surface area contributed by atoms with Crippen molar-refractivity contribution in [2.45, 2.75) is 63.2 Å². The summed E-state index contributed by atoms with van der Waals surface area (Å²) >= 11 is 0. The quantitative estimate of drug-likeness (QED) is 0.210. The molecule has 1 aromatic carbocycles. The van der Waals surface area contributed by atoms with Gasteiger partial charge in [-0.15, -0.1) is 0 Å². The van der Waals surface area contributed by atoms with Gasteiger partial charge in [0.1, 0.15) is 12.1 Å². The zero-order valence-electron chi connectivity index (χ0n) is 18.4. The van der Waals surface area contributed by atoms with E-state index >= 15 is 0 Å². The molecule has 2 saturated heterocycles. The molecule has 0 saturated carbocycles. The van der Waals surface area contributed by atoms with E-state index in [4.69, 9.17) is 10.3 Å². The van der Waals surface area contributed by atoms with Gasteiger partial charge in [-0.3, -0.25) is 4.79 Å². The number of rotatable bonds is 8. The standard InChI is InChI=1S/C22H30N6O4/c1-14(15-7-4-3-5-8-15)25-22(31)26-17-10-11-18-16(9-6-12-24-27-23)13-19(21(30)32-2)28(18)20(17)29/h3-5,7-8,14,16-19H,6,9-13H2,1-2H3,(H2,25,26,31)/t14-,16+,17-,18-,19-/m0/s1. The summed E-state index contributed by atoms with van der Waals surface area (Å²) in [6, 6.07) is 7.51. The summed E-state index contributed by atoms with van der Waals surface area (Å²) in [5, 5.41) is 9.22. The van der Waals surface area contributed by atoms with Crippen LogP contribution in [0.2, 0.25) is 0 Å². The number of nitrogens with zero attached hydrogens (tertiary/aromatic N) is 4. The first-order chi connectivity index (χ1) is 15.5. The Balaban J connectivity index is 1.64. The summed E-state index contributed by atoms with van der Waals surface area (Å²) in [7, 11) is 1.31. The van der Waals surface area contributed by atoms with E-state index in [1.807, 2.05) is 37.3 Å².